The molecule has 1 aromatic carbocycles. The van der Waals surface area contributed by atoms with Crippen molar-refractivity contribution < 1.29 is 14.7 Å². The predicted octanol–water partition coefficient (Wildman–Crippen LogP) is 2.63. The molecule has 2 rings (SSSR count). The molecule has 1 heterocycles. The van der Waals surface area contributed by atoms with Gasteiger partial charge in [0.1, 0.15) is 6.04 Å². The molecule has 1 N–H and O–H groups in total. The van der Waals surface area contributed by atoms with E-state index < -0.39 is 12.0 Å². The first kappa shape index (κ1) is 14.6. The number of hydrogen-bond acceptors (Lipinski definition) is 2. The number of piperidine rings is 1. The number of carbonyl (C=O) groups excluding carboxylic acids is 1. The zero-order chi connectivity index (χ0) is 14.9. The highest BCUT2D eigenvalue weighted by Crippen LogP contribution is 2.27. The molecule has 1 aliphatic rings. The first-order chi connectivity index (χ1) is 9.43. The van der Waals surface area contributed by atoms with Crippen LogP contribution in [0.2, 0.25) is 0 Å². The number of carboxylic acids is 1. The Morgan fingerprint density at radius 2 is 1.85 bits per heavy atom. The maximum absolute atomic E-state index is 12.8. The fraction of sp³-hybridized carbons (Fsp3) is 0.500. The standard InChI is InChI=1S/C16H21NO3/c1-10-6-4-7-11(2)13(10)15(18)17-9-5-8-12(3)14(17)16(19)20/h4,6-7,12,14H,5,8-9H2,1-3H3,(H,19,20). The summed E-state index contributed by atoms with van der Waals surface area (Å²) < 4.78 is 0. The Balaban J connectivity index is 2.38. The third kappa shape index (κ3) is 2.55. The number of aliphatic carboxylic acids is 1. The quantitative estimate of drug-likeness (QED) is 0.902. The monoisotopic (exact) mass is 275 g/mol. The molecule has 4 heteroatoms. The number of rotatable bonds is 2. The van der Waals surface area contributed by atoms with Crippen LogP contribution >= 0.6 is 0 Å². The Hall–Kier alpha value is -1.84. The van der Waals surface area contributed by atoms with Gasteiger partial charge in [0.2, 0.25) is 0 Å². The fourth-order valence-corrected chi connectivity index (χ4v) is 3.09. The summed E-state index contributed by atoms with van der Waals surface area (Å²) >= 11 is 0. The summed E-state index contributed by atoms with van der Waals surface area (Å²) in [4.78, 5) is 25.8. The number of carboxylic acid groups (broad SMARTS) is 1. The molecule has 0 aromatic heterocycles. The van der Waals surface area contributed by atoms with E-state index in [2.05, 4.69) is 0 Å². The van der Waals surface area contributed by atoms with Crippen molar-refractivity contribution in [1.82, 2.24) is 4.90 Å². The molecule has 108 valence electrons. The van der Waals surface area contributed by atoms with Crippen LogP contribution in [0.3, 0.4) is 0 Å². The Morgan fingerprint density at radius 1 is 1.25 bits per heavy atom. The largest absolute Gasteiger partial charge is 0.480 e. The summed E-state index contributed by atoms with van der Waals surface area (Å²) in [6, 6.07) is 4.98. The Morgan fingerprint density at radius 3 is 2.40 bits per heavy atom. The number of likely N-dealkylation sites (tertiary alicyclic amines) is 1. The summed E-state index contributed by atoms with van der Waals surface area (Å²) in [7, 11) is 0. The van der Waals surface area contributed by atoms with E-state index in [1.54, 1.807) is 0 Å². The second-order valence-electron chi connectivity index (χ2n) is 5.67. The smallest absolute Gasteiger partial charge is 0.326 e. The van der Waals surface area contributed by atoms with Gasteiger partial charge in [0.15, 0.2) is 0 Å². The summed E-state index contributed by atoms with van der Waals surface area (Å²) in [6.45, 7) is 6.21. The molecular formula is C16H21NO3. The lowest BCUT2D eigenvalue weighted by Gasteiger charge is -2.37. The van der Waals surface area contributed by atoms with Gasteiger partial charge in [0, 0.05) is 12.1 Å². The normalized spacial score (nSPS) is 22.6. The molecule has 1 amide bonds. The molecule has 1 fully saturated rings. The summed E-state index contributed by atoms with van der Waals surface area (Å²) in [5, 5.41) is 9.42. The molecule has 2 atom stereocenters. The summed E-state index contributed by atoms with van der Waals surface area (Å²) in [6.07, 6.45) is 1.72. The van der Waals surface area contributed by atoms with Gasteiger partial charge in [-0.05, 0) is 43.7 Å². The average Bonchev–Trinajstić information content (AvgIpc) is 2.37. The Kier molecular flexibility index (Phi) is 4.12. The molecule has 0 spiro atoms. The van der Waals surface area contributed by atoms with Crippen molar-refractivity contribution in [2.45, 2.75) is 39.7 Å². The molecule has 0 saturated carbocycles. The third-order valence-corrected chi connectivity index (χ3v) is 4.14. The van der Waals surface area contributed by atoms with Gasteiger partial charge in [-0.15, -0.1) is 0 Å². The van der Waals surface area contributed by atoms with E-state index in [-0.39, 0.29) is 11.8 Å². The SMILES string of the molecule is Cc1cccc(C)c1C(=O)N1CCCC(C)C1C(=O)O. The molecule has 20 heavy (non-hydrogen) atoms. The second-order valence-corrected chi connectivity index (χ2v) is 5.67. The van der Waals surface area contributed by atoms with Crippen LogP contribution in [0.5, 0.6) is 0 Å². The molecule has 1 saturated heterocycles. The number of hydrogen-bond donors (Lipinski definition) is 1. The van der Waals surface area contributed by atoms with E-state index in [4.69, 9.17) is 0 Å². The van der Waals surface area contributed by atoms with E-state index >= 15 is 0 Å². The zero-order valence-electron chi connectivity index (χ0n) is 12.2. The van der Waals surface area contributed by atoms with Crippen LogP contribution in [0.1, 0.15) is 41.3 Å². The lowest BCUT2D eigenvalue weighted by Crippen LogP contribution is -2.52. The van der Waals surface area contributed by atoms with Crippen molar-refractivity contribution in [3.05, 3.63) is 34.9 Å². The van der Waals surface area contributed by atoms with Crippen LogP contribution in [0.15, 0.2) is 18.2 Å². The second kappa shape index (κ2) is 5.65. The van der Waals surface area contributed by atoms with Crippen molar-refractivity contribution in [1.29, 1.82) is 0 Å². The minimum Gasteiger partial charge on any atom is -0.480 e. The highest BCUT2D eigenvalue weighted by Gasteiger charge is 2.37. The van der Waals surface area contributed by atoms with E-state index in [9.17, 15) is 14.7 Å². The van der Waals surface area contributed by atoms with Crippen molar-refractivity contribution >= 4 is 11.9 Å². The van der Waals surface area contributed by atoms with Gasteiger partial charge in [-0.25, -0.2) is 4.79 Å². The molecule has 2 unspecified atom stereocenters. The van der Waals surface area contributed by atoms with Crippen LogP contribution in [-0.2, 0) is 4.79 Å². The van der Waals surface area contributed by atoms with E-state index in [0.29, 0.717) is 12.1 Å². The predicted molar refractivity (Wildman–Crippen MR) is 76.8 cm³/mol. The summed E-state index contributed by atoms with van der Waals surface area (Å²) in [5.74, 6) is -1.06. The van der Waals surface area contributed by atoms with Crippen molar-refractivity contribution in [3.63, 3.8) is 0 Å². The highest BCUT2D eigenvalue weighted by molar-refractivity contribution is 5.99. The first-order valence-corrected chi connectivity index (χ1v) is 7.03. The van der Waals surface area contributed by atoms with Gasteiger partial charge in [-0.1, -0.05) is 25.1 Å². The van der Waals surface area contributed by atoms with Crippen LogP contribution in [0, 0.1) is 19.8 Å². The summed E-state index contributed by atoms with van der Waals surface area (Å²) in [5.41, 5.74) is 2.45. The van der Waals surface area contributed by atoms with Gasteiger partial charge in [-0.3, -0.25) is 4.79 Å². The third-order valence-electron chi connectivity index (χ3n) is 4.14. The zero-order valence-corrected chi connectivity index (χ0v) is 12.2. The maximum atomic E-state index is 12.8. The molecule has 1 aliphatic heterocycles. The Labute approximate surface area is 119 Å². The van der Waals surface area contributed by atoms with Gasteiger partial charge in [-0.2, -0.15) is 0 Å². The van der Waals surface area contributed by atoms with Crippen LogP contribution < -0.4 is 0 Å². The maximum Gasteiger partial charge on any atom is 0.326 e. The number of nitrogens with zero attached hydrogens (tertiary/aromatic N) is 1. The number of amides is 1. The van der Waals surface area contributed by atoms with Gasteiger partial charge < -0.3 is 10.0 Å². The van der Waals surface area contributed by atoms with Crippen molar-refractivity contribution in [2.75, 3.05) is 6.54 Å². The molecule has 0 aliphatic carbocycles. The first-order valence-electron chi connectivity index (χ1n) is 7.03. The number of benzene rings is 1. The van der Waals surface area contributed by atoms with Crippen LogP contribution in [0.25, 0.3) is 0 Å². The van der Waals surface area contributed by atoms with Crippen LogP contribution in [0.4, 0.5) is 0 Å². The van der Waals surface area contributed by atoms with Gasteiger partial charge in [0.25, 0.3) is 5.91 Å². The lowest BCUT2D eigenvalue weighted by atomic mass is 9.89. The number of carbonyl (C=O) groups is 2. The van der Waals surface area contributed by atoms with Crippen molar-refractivity contribution in [3.8, 4) is 0 Å². The molecule has 0 bridgehead atoms. The van der Waals surface area contributed by atoms with Crippen LogP contribution in [-0.4, -0.2) is 34.5 Å². The lowest BCUT2D eigenvalue weighted by molar-refractivity contribution is -0.145. The van der Waals surface area contributed by atoms with E-state index in [1.807, 2.05) is 39.0 Å². The van der Waals surface area contributed by atoms with Gasteiger partial charge in [0.05, 0.1) is 0 Å². The molecular weight excluding hydrogens is 254 g/mol. The topological polar surface area (TPSA) is 57.6 Å². The molecule has 4 nitrogen and oxygen atoms in total. The highest BCUT2D eigenvalue weighted by atomic mass is 16.4. The van der Waals surface area contributed by atoms with E-state index in [1.165, 1.54) is 4.90 Å². The molecule has 0 radical (unpaired) electrons. The Bertz CT molecular complexity index is 518. The average molecular weight is 275 g/mol. The van der Waals surface area contributed by atoms with Gasteiger partial charge >= 0.3 is 5.97 Å². The van der Waals surface area contributed by atoms with E-state index in [0.717, 1.165) is 24.0 Å². The minimum atomic E-state index is -0.906. The number of aryl methyl sites for hydroxylation is 2. The van der Waals surface area contributed by atoms with Crippen molar-refractivity contribution in [2.24, 2.45) is 5.92 Å². The minimum absolute atomic E-state index is 0.00507. The molecule has 1 aromatic rings. The fourth-order valence-electron chi connectivity index (χ4n) is 3.09.